The number of aliphatic hydroxyl groups is 1. The van der Waals surface area contributed by atoms with Gasteiger partial charge in [-0.05, 0) is 47.4 Å². The van der Waals surface area contributed by atoms with E-state index in [0.29, 0.717) is 13.0 Å². The molecule has 0 radical (unpaired) electrons. The number of carbonyl (C=O) groups excluding carboxylic acids is 1. The van der Waals surface area contributed by atoms with Crippen molar-refractivity contribution in [3.63, 3.8) is 0 Å². The lowest BCUT2D eigenvalue weighted by molar-refractivity contribution is -0.121. The van der Waals surface area contributed by atoms with Crippen molar-refractivity contribution in [3.8, 4) is 5.75 Å². The Bertz CT molecular complexity index is 922. The fourth-order valence-electron chi connectivity index (χ4n) is 2.99. The number of benzene rings is 2. The number of hydrogen-bond acceptors (Lipinski definition) is 5. The summed E-state index contributed by atoms with van der Waals surface area (Å²) in [6.45, 7) is 0.808. The van der Waals surface area contributed by atoms with Gasteiger partial charge in [-0.15, -0.1) is 0 Å². The number of amides is 1. The monoisotopic (exact) mass is 389 g/mol. The molecule has 1 aliphatic heterocycles. The van der Waals surface area contributed by atoms with E-state index < -0.39 is 15.9 Å². The number of aliphatic hydroxyl groups excluding tert-OH is 1. The molecule has 0 aliphatic carbocycles. The predicted octanol–water partition coefficient (Wildman–Crippen LogP) is 1.81. The van der Waals surface area contributed by atoms with Crippen LogP contribution in [0, 0.1) is 0 Å². The Morgan fingerprint density at radius 3 is 2.67 bits per heavy atom. The average molecular weight is 389 g/mol. The molecule has 1 heterocycles. The summed E-state index contributed by atoms with van der Waals surface area (Å²) in [7, 11) is -3.21. The van der Waals surface area contributed by atoms with Gasteiger partial charge in [-0.2, -0.15) is 0 Å². The molecule has 0 fully saturated rings. The van der Waals surface area contributed by atoms with Crippen LogP contribution in [0.4, 0.5) is 0 Å². The quantitative estimate of drug-likeness (QED) is 0.753. The van der Waals surface area contributed by atoms with E-state index in [0.717, 1.165) is 35.1 Å². The number of aryl methyl sites for hydroxylation is 1. The van der Waals surface area contributed by atoms with Gasteiger partial charge in [-0.1, -0.05) is 18.2 Å². The summed E-state index contributed by atoms with van der Waals surface area (Å²) in [6, 6.07) is 12.1. The number of hydrogen-bond donors (Lipinski definition) is 2. The minimum atomic E-state index is -3.21. The first kappa shape index (κ1) is 19.4. The molecule has 7 heteroatoms. The Morgan fingerprint density at radius 2 is 1.96 bits per heavy atom. The van der Waals surface area contributed by atoms with Crippen molar-refractivity contribution in [3.05, 3.63) is 59.2 Å². The molecule has 0 spiro atoms. The van der Waals surface area contributed by atoms with Gasteiger partial charge in [0.15, 0.2) is 9.84 Å². The summed E-state index contributed by atoms with van der Waals surface area (Å²) >= 11 is 0. The second kappa shape index (κ2) is 8.10. The number of rotatable bonds is 7. The third-order valence-electron chi connectivity index (χ3n) is 4.58. The minimum Gasteiger partial charge on any atom is -0.493 e. The van der Waals surface area contributed by atoms with Crippen molar-refractivity contribution >= 4 is 15.7 Å². The highest BCUT2D eigenvalue weighted by Crippen LogP contribution is 2.28. The van der Waals surface area contributed by atoms with Gasteiger partial charge in [0.05, 0.1) is 17.6 Å². The maximum Gasteiger partial charge on any atom is 0.220 e. The lowest BCUT2D eigenvalue weighted by Gasteiger charge is -2.13. The third kappa shape index (κ3) is 5.08. The average Bonchev–Trinajstić information content (AvgIpc) is 3.11. The molecule has 6 nitrogen and oxygen atoms in total. The highest BCUT2D eigenvalue weighted by Gasteiger charge is 2.16. The van der Waals surface area contributed by atoms with Gasteiger partial charge in [0, 0.05) is 25.6 Å². The summed E-state index contributed by atoms with van der Waals surface area (Å²) in [5.41, 5.74) is 2.73. The molecular weight excluding hydrogens is 366 g/mol. The molecule has 144 valence electrons. The van der Waals surface area contributed by atoms with Crippen molar-refractivity contribution in [2.75, 3.05) is 19.4 Å². The van der Waals surface area contributed by atoms with E-state index in [-0.39, 0.29) is 23.8 Å². The molecule has 1 aliphatic rings. The molecule has 2 aromatic carbocycles. The van der Waals surface area contributed by atoms with E-state index in [4.69, 9.17) is 4.74 Å². The fourth-order valence-corrected chi connectivity index (χ4v) is 3.62. The van der Waals surface area contributed by atoms with Gasteiger partial charge >= 0.3 is 0 Å². The maximum atomic E-state index is 12.0. The second-order valence-electron chi connectivity index (χ2n) is 6.70. The summed E-state index contributed by atoms with van der Waals surface area (Å²) in [4.78, 5) is 12.3. The van der Waals surface area contributed by atoms with E-state index in [9.17, 15) is 18.3 Å². The summed E-state index contributed by atoms with van der Waals surface area (Å²) in [6.07, 6.45) is 1.99. The maximum absolute atomic E-state index is 12.0. The van der Waals surface area contributed by atoms with E-state index in [1.807, 2.05) is 18.2 Å². The zero-order valence-corrected chi connectivity index (χ0v) is 16.0. The van der Waals surface area contributed by atoms with E-state index in [2.05, 4.69) is 5.32 Å². The zero-order valence-electron chi connectivity index (χ0n) is 15.1. The summed E-state index contributed by atoms with van der Waals surface area (Å²) in [5.74, 6) is 0.697. The van der Waals surface area contributed by atoms with Crippen LogP contribution in [0.3, 0.4) is 0 Å². The van der Waals surface area contributed by atoms with Crippen molar-refractivity contribution in [1.29, 1.82) is 0 Å². The van der Waals surface area contributed by atoms with Crippen molar-refractivity contribution in [2.24, 2.45) is 0 Å². The molecule has 0 bridgehead atoms. The van der Waals surface area contributed by atoms with Gasteiger partial charge in [0.2, 0.25) is 5.91 Å². The molecule has 27 heavy (non-hydrogen) atoms. The van der Waals surface area contributed by atoms with Gasteiger partial charge in [0.1, 0.15) is 5.75 Å². The largest absolute Gasteiger partial charge is 0.493 e. The first-order valence-electron chi connectivity index (χ1n) is 8.82. The van der Waals surface area contributed by atoms with Crippen LogP contribution in [0.2, 0.25) is 0 Å². The highest BCUT2D eigenvalue weighted by molar-refractivity contribution is 7.90. The van der Waals surface area contributed by atoms with Crippen LogP contribution in [0.5, 0.6) is 5.75 Å². The van der Waals surface area contributed by atoms with Crippen LogP contribution in [0.25, 0.3) is 0 Å². The van der Waals surface area contributed by atoms with Gasteiger partial charge in [-0.25, -0.2) is 8.42 Å². The molecule has 2 N–H and O–H groups in total. The van der Waals surface area contributed by atoms with Gasteiger partial charge in [0.25, 0.3) is 0 Å². The molecule has 2 aromatic rings. The third-order valence-corrected chi connectivity index (χ3v) is 5.71. The smallest absolute Gasteiger partial charge is 0.220 e. The molecule has 0 aromatic heterocycles. The Balaban J connectivity index is 1.47. The molecular formula is C20H23NO5S. The number of sulfone groups is 1. The lowest BCUT2D eigenvalue weighted by Crippen LogP contribution is -2.28. The van der Waals surface area contributed by atoms with E-state index in [1.54, 1.807) is 24.3 Å². The number of ether oxygens (including phenoxy) is 1. The fraction of sp³-hybridized carbons (Fsp3) is 0.350. The first-order chi connectivity index (χ1) is 12.8. The molecule has 0 saturated carbocycles. The topological polar surface area (TPSA) is 92.7 Å². The molecule has 1 atom stereocenters. The Labute approximate surface area is 159 Å². The number of carbonyl (C=O) groups is 1. The zero-order chi connectivity index (χ0) is 19.4. The Morgan fingerprint density at radius 1 is 1.22 bits per heavy atom. The van der Waals surface area contributed by atoms with Crippen molar-refractivity contribution in [1.82, 2.24) is 5.32 Å². The summed E-state index contributed by atoms with van der Waals surface area (Å²) < 4.78 is 28.3. The molecule has 0 saturated heterocycles. The van der Waals surface area contributed by atoms with Crippen molar-refractivity contribution < 1.29 is 23.1 Å². The standard InChI is InChI=1S/C20H23NO5S/c1-27(24,25)17-6-2-14(3-7-17)4-9-20(23)21-13-18(22)15-5-8-19-16(12-15)10-11-26-19/h2-3,5-8,12,18,22H,4,9-11,13H2,1H3,(H,21,23)/t18-/m0/s1. The molecule has 3 rings (SSSR count). The van der Waals surface area contributed by atoms with Crippen LogP contribution < -0.4 is 10.1 Å². The Hall–Kier alpha value is -2.38. The molecule has 0 unspecified atom stereocenters. The lowest BCUT2D eigenvalue weighted by atomic mass is 10.0. The molecule has 1 amide bonds. The SMILES string of the molecule is CS(=O)(=O)c1ccc(CCC(=O)NC[C@H](O)c2ccc3c(c2)CCO3)cc1. The minimum absolute atomic E-state index is 0.144. The normalized spacial score (nSPS) is 14.3. The summed E-state index contributed by atoms with van der Waals surface area (Å²) in [5, 5.41) is 13.0. The van der Waals surface area contributed by atoms with E-state index in [1.165, 1.54) is 0 Å². The predicted molar refractivity (Wildman–Crippen MR) is 101 cm³/mol. The second-order valence-corrected chi connectivity index (χ2v) is 8.72. The van der Waals surface area contributed by atoms with Crippen LogP contribution >= 0.6 is 0 Å². The van der Waals surface area contributed by atoms with Gasteiger partial charge < -0.3 is 15.2 Å². The highest BCUT2D eigenvalue weighted by atomic mass is 32.2. The van der Waals surface area contributed by atoms with Crippen LogP contribution in [0.1, 0.15) is 29.2 Å². The van der Waals surface area contributed by atoms with Crippen LogP contribution in [-0.2, 0) is 27.5 Å². The first-order valence-corrected chi connectivity index (χ1v) is 10.7. The van der Waals surface area contributed by atoms with Gasteiger partial charge in [-0.3, -0.25) is 4.79 Å². The van der Waals surface area contributed by atoms with Crippen LogP contribution in [0.15, 0.2) is 47.4 Å². The van der Waals surface area contributed by atoms with E-state index >= 15 is 0 Å². The number of fused-ring (bicyclic) bond motifs is 1. The Kier molecular flexibility index (Phi) is 5.82. The number of nitrogens with one attached hydrogen (secondary N) is 1. The van der Waals surface area contributed by atoms with Crippen molar-refractivity contribution in [2.45, 2.75) is 30.3 Å². The van der Waals surface area contributed by atoms with Crippen LogP contribution in [-0.4, -0.2) is 38.8 Å².